The summed E-state index contributed by atoms with van der Waals surface area (Å²) in [5.41, 5.74) is 0.801. The monoisotopic (exact) mass is 232 g/mol. The second kappa shape index (κ2) is 5.66. The minimum Gasteiger partial charge on any atom is -0.465 e. The van der Waals surface area contributed by atoms with Crippen molar-refractivity contribution >= 4 is 17.6 Å². The van der Waals surface area contributed by atoms with Gasteiger partial charge in [-0.2, -0.15) is 5.26 Å². The number of nitriles is 1. The van der Waals surface area contributed by atoms with Gasteiger partial charge in [0.25, 0.3) is 0 Å². The third-order valence-corrected chi connectivity index (χ3v) is 2.14. The predicted octanol–water partition coefficient (Wildman–Crippen LogP) is 1.57. The van der Waals surface area contributed by atoms with Gasteiger partial charge in [0.2, 0.25) is 5.91 Å². The van der Waals surface area contributed by atoms with Crippen LogP contribution < -0.4 is 5.32 Å². The minimum atomic E-state index is -0.739. The van der Waals surface area contributed by atoms with Crippen LogP contribution in [-0.2, 0) is 9.53 Å². The maximum atomic E-state index is 11.4. The number of carbonyl (C=O) groups excluding carboxylic acids is 2. The van der Waals surface area contributed by atoms with Crippen molar-refractivity contribution in [1.82, 2.24) is 0 Å². The highest BCUT2D eigenvalue weighted by Gasteiger charge is 2.12. The molecule has 0 aliphatic heterocycles. The van der Waals surface area contributed by atoms with E-state index in [2.05, 4.69) is 10.1 Å². The average molecular weight is 232 g/mol. The highest BCUT2D eigenvalue weighted by atomic mass is 16.5. The standard InChI is InChI=1S/C12H12N2O3/c1-8(7-13)11(15)14-10-5-3-4-9(6-10)12(16)17-2/h3-6,8H,1-2H3,(H,14,15). The number of amides is 1. The molecule has 5 nitrogen and oxygen atoms in total. The Hall–Kier alpha value is -2.35. The molecule has 0 aliphatic rings. The van der Waals surface area contributed by atoms with Gasteiger partial charge in [-0.1, -0.05) is 6.07 Å². The van der Waals surface area contributed by atoms with E-state index < -0.39 is 17.8 Å². The van der Waals surface area contributed by atoms with E-state index in [-0.39, 0.29) is 0 Å². The van der Waals surface area contributed by atoms with Crippen LogP contribution in [0, 0.1) is 17.2 Å². The van der Waals surface area contributed by atoms with Gasteiger partial charge in [0, 0.05) is 5.69 Å². The number of esters is 1. The lowest BCUT2D eigenvalue weighted by atomic mass is 10.1. The summed E-state index contributed by atoms with van der Waals surface area (Å²) in [7, 11) is 1.28. The normalized spacial score (nSPS) is 11.1. The van der Waals surface area contributed by atoms with Crippen LogP contribution in [0.4, 0.5) is 5.69 Å². The Morgan fingerprint density at radius 3 is 2.76 bits per heavy atom. The molecule has 1 aromatic carbocycles. The number of nitrogens with zero attached hydrogens (tertiary/aromatic N) is 1. The molecule has 1 rings (SSSR count). The molecule has 0 radical (unpaired) electrons. The maximum absolute atomic E-state index is 11.4. The molecule has 1 aromatic rings. The van der Waals surface area contributed by atoms with E-state index in [1.165, 1.54) is 20.1 Å². The first-order valence-electron chi connectivity index (χ1n) is 4.97. The largest absolute Gasteiger partial charge is 0.465 e. The number of benzene rings is 1. The molecule has 0 fully saturated rings. The predicted molar refractivity (Wildman–Crippen MR) is 61.2 cm³/mol. The minimum absolute atomic E-state index is 0.343. The fraction of sp³-hybridized carbons (Fsp3) is 0.250. The summed E-state index contributed by atoms with van der Waals surface area (Å²) in [5, 5.41) is 11.1. The molecule has 0 aromatic heterocycles. The van der Waals surface area contributed by atoms with Gasteiger partial charge in [0.1, 0.15) is 5.92 Å². The maximum Gasteiger partial charge on any atom is 0.337 e. The first-order chi connectivity index (χ1) is 8.08. The van der Waals surface area contributed by atoms with Gasteiger partial charge < -0.3 is 10.1 Å². The molecule has 17 heavy (non-hydrogen) atoms. The number of nitrogens with one attached hydrogen (secondary N) is 1. The van der Waals surface area contributed by atoms with Gasteiger partial charge >= 0.3 is 5.97 Å². The van der Waals surface area contributed by atoms with E-state index in [0.29, 0.717) is 11.3 Å². The van der Waals surface area contributed by atoms with Crippen molar-refractivity contribution < 1.29 is 14.3 Å². The average Bonchev–Trinajstić information content (AvgIpc) is 2.37. The lowest BCUT2D eigenvalue weighted by molar-refractivity contribution is -0.117. The summed E-state index contributed by atoms with van der Waals surface area (Å²) in [6.45, 7) is 1.50. The highest BCUT2D eigenvalue weighted by Crippen LogP contribution is 2.12. The smallest absolute Gasteiger partial charge is 0.337 e. The van der Waals surface area contributed by atoms with Gasteiger partial charge in [-0.3, -0.25) is 4.79 Å². The van der Waals surface area contributed by atoms with E-state index in [0.717, 1.165) is 0 Å². The lowest BCUT2D eigenvalue weighted by Gasteiger charge is -2.07. The Bertz CT molecular complexity index is 477. The summed E-state index contributed by atoms with van der Waals surface area (Å²) in [6.07, 6.45) is 0. The molecule has 5 heteroatoms. The van der Waals surface area contributed by atoms with Crippen molar-refractivity contribution in [2.75, 3.05) is 12.4 Å². The van der Waals surface area contributed by atoms with Crippen molar-refractivity contribution in [2.45, 2.75) is 6.92 Å². The number of hydrogen-bond donors (Lipinski definition) is 1. The molecule has 1 atom stereocenters. The molecule has 0 saturated heterocycles. The Balaban J connectivity index is 2.83. The zero-order chi connectivity index (χ0) is 12.8. The SMILES string of the molecule is COC(=O)c1cccc(NC(=O)C(C)C#N)c1. The highest BCUT2D eigenvalue weighted by molar-refractivity contribution is 5.96. The molecule has 0 saturated carbocycles. The van der Waals surface area contributed by atoms with Crippen LogP contribution in [0.5, 0.6) is 0 Å². The molecule has 1 unspecified atom stereocenters. The van der Waals surface area contributed by atoms with Crippen LogP contribution in [0.2, 0.25) is 0 Å². The van der Waals surface area contributed by atoms with Crippen molar-refractivity contribution in [3.8, 4) is 6.07 Å². The number of rotatable bonds is 3. The Morgan fingerprint density at radius 2 is 2.18 bits per heavy atom. The van der Waals surface area contributed by atoms with E-state index in [1.54, 1.807) is 18.2 Å². The van der Waals surface area contributed by atoms with Crippen LogP contribution in [0.15, 0.2) is 24.3 Å². The van der Waals surface area contributed by atoms with Gasteiger partial charge in [-0.25, -0.2) is 4.79 Å². The number of hydrogen-bond acceptors (Lipinski definition) is 4. The van der Waals surface area contributed by atoms with Crippen LogP contribution in [0.25, 0.3) is 0 Å². The zero-order valence-corrected chi connectivity index (χ0v) is 9.56. The fourth-order valence-corrected chi connectivity index (χ4v) is 1.15. The fourth-order valence-electron chi connectivity index (χ4n) is 1.15. The van der Waals surface area contributed by atoms with Gasteiger partial charge in [0.15, 0.2) is 0 Å². The number of ether oxygens (including phenoxy) is 1. The van der Waals surface area contributed by atoms with Gasteiger partial charge in [-0.15, -0.1) is 0 Å². The Labute approximate surface area is 99.0 Å². The quantitative estimate of drug-likeness (QED) is 0.802. The van der Waals surface area contributed by atoms with E-state index in [4.69, 9.17) is 5.26 Å². The van der Waals surface area contributed by atoms with Gasteiger partial charge in [0.05, 0.1) is 18.7 Å². The lowest BCUT2D eigenvalue weighted by Crippen LogP contribution is -2.19. The van der Waals surface area contributed by atoms with E-state index in [1.807, 2.05) is 6.07 Å². The topological polar surface area (TPSA) is 79.2 Å². The van der Waals surface area contributed by atoms with Crippen LogP contribution in [-0.4, -0.2) is 19.0 Å². The first kappa shape index (κ1) is 12.7. The number of carbonyl (C=O) groups is 2. The van der Waals surface area contributed by atoms with Crippen molar-refractivity contribution in [1.29, 1.82) is 5.26 Å². The van der Waals surface area contributed by atoms with E-state index in [9.17, 15) is 9.59 Å². The summed E-state index contributed by atoms with van der Waals surface area (Å²) in [5.74, 6) is -1.62. The molecule has 88 valence electrons. The second-order valence-electron chi connectivity index (χ2n) is 3.41. The number of anilines is 1. The third-order valence-electron chi connectivity index (χ3n) is 2.14. The molecule has 0 aliphatic carbocycles. The van der Waals surface area contributed by atoms with E-state index >= 15 is 0 Å². The molecule has 0 bridgehead atoms. The summed E-state index contributed by atoms with van der Waals surface area (Å²) in [4.78, 5) is 22.7. The third kappa shape index (κ3) is 3.31. The second-order valence-corrected chi connectivity index (χ2v) is 3.41. The zero-order valence-electron chi connectivity index (χ0n) is 9.56. The molecule has 1 amide bonds. The molecule has 0 heterocycles. The Kier molecular flexibility index (Phi) is 4.23. The molecule has 1 N–H and O–H groups in total. The van der Waals surface area contributed by atoms with Crippen LogP contribution in [0.3, 0.4) is 0 Å². The van der Waals surface area contributed by atoms with Crippen LogP contribution in [0.1, 0.15) is 17.3 Å². The summed E-state index contributed by atoms with van der Waals surface area (Å²) in [6, 6.07) is 8.16. The molecular weight excluding hydrogens is 220 g/mol. The first-order valence-corrected chi connectivity index (χ1v) is 4.97. The Morgan fingerprint density at radius 1 is 1.47 bits per heavy atom. The number of methoxy groups -OCH3 is 1. The van der Waals surface area contributed by atoms with Crippen molar-refractivity contribution in [3.05, 3.63) is 29.8 Å². The summed E-state index contributed by atoms with van der Waals surface area (Å²) < 4.78 is 4.56. The van der Waals surface area contributed by atoms with Crippen molar-refractivity contribution in [3.63, 3.8) is 0 Å². The van der Waals surface area contributed by atoms with Crippen molar-refractivity contribution in [2.24, 2.45) is 5.92 Å². The summed E-state index contributed by atoms with van der Waals surface area (Å²) >= 11 is 0. The van der Waals surface area contributed by atoms with Gasteiger partial charge in [-0.05, 0) is 25.1 Å². The molecular formula is C12H12N2O3. The van der Waals surface area contributed by atoms with Crippen LogP contribution >= 0.6 is 0 Å². The molecule has 0 spiro atoms.